The second-order valence-corrected chi connectivity index (χ2v) is 6.96. The van der Waals surface area contributed by atoms with E-state index in [1.54, 1.807) is 12.1 Å². The number of hydrogen-bond donors (Lipinski definition) is 7. The molecule has 14 heteroatoms. The van der Waals surface area contributed by atoms with Crippen LogP contribution in [0.25, 0.3) is 11.2 Å². The summed E-state index contributed by atoms with van der Waals surface area (Å²) in [5.41, 5.74) is 8.10. The van der Waals surface area contributed by atoms with Crippen LogP contribution < -0.4 is 21.5 Å². The van der Waals surface area contributed by atoms with Gasteiger partial charge >= 0.3 is 0 Å². The van der Waals surface area contributed by atoms with Crippen LogP contribution >= 0.6 is 0 Å². The van der Waals surface area contributed by atoms with E-state index in [1.807, 2.05) is 0 Å². The molecule has 1 aliphatic rings. The molecule has 32 heavy (non-hydrogen) atoms. The number of nitrogens with two attached hydrogens (primary N) is 1. The van der Waals surface area contributed by atoms with E-state index < -0.39 is 36.7 Å². The summed E-state index contributed by atoms with van der Waals surface area (Å²) in [6.07, 6.45) is -3.75. The van der Waals surface area contributed by atoms with Crippen molar-refractivity contribution in [1.29, 1.82) is 0 Å². The number of fused-ring (bicyclic) bond motifs is 1. The summed E-state index contributed by atoms with van der Waals surface area (Å²) in [4.78, 5) is 22.8. The molecule has 14 nitrogen and oxygen atoms in total. The van der Waals surface area contributed by atoms with Crippen LogP contribution in [-0.4, -0.2) is 78.2 Å². The van der Waals surface area contributed by atoms with Crippen molar-refractivity contribution in [2.75, 3.05) is 24.9 Å². The van der Waals surface area contributed by atoms with Crippen molar-refractivity contribution in [2.45, 2.75) is 24.5 Å². The molecule has 1 aliphatic heterocycles. The number of aliphatic hydroxyl groups is 3. The topological polar surface area (TPSA) is 213 Å². The molecular formula is C18H21N7O7. The quantitative estimate of drug-likeness (QED) is 0.170. The zero-order valence-corrected chi connectivity index (χ0v) is 16.7. The maximum Gasteiger partial charge on any atom is 0.280 e. The van der Waals surface area contributed by atoms with E-state index in [0.717, 1.165) is 0 Å². The van der Waals surface area contributed by atoms with Gasteiger partial charge in [-0.1, -0.05) is 0 Å². The number of H-pyrrole nitrogens is 1. The van der Waals surface area contributed by atoms with Crippen LogP contribution in [0.5, 0.6) is 11.5 Å². The van der Waals surface area contributed by atoms with Crippen molar-refractivity contribution in [3.05, 3.63) is 34.1 Å². The molecule has 1 fully saturated rings. The average Bonchev–Trinajstić information content (AvgIpc) is 3.26. The monoisotopic (exact) mass is 447 g/mol. The number of imidazole rings is 1. The summed E-state index contributed by atoms with van der Waals surface area (Å²) in [6.45, 7) is -0.541. The summed E-state index contributed by atoms with van der Waals surface area (Å²) in [6, 6.07) is 4.56. The lowest BCUT2D eigenvalue weighted by Gasteiger charge is -2.18. The molecule has 0 saturated carbocycles. The molecule has 0 amide bonds. The molecule has 0 spiro atoms. The highest BCUT2D eigenvalue weighted by molar-refractivity contribution is 5.82. The number of nitrogens with one attached hydrogen (secondary N) is 2. The molecule has 170 valence electrons. The normalized spacial score (nSPS) is 23.2. The number of benzene rings is 1. The molecule has 4 rings (SSSR count). The third-order valence-electron chi connectivity index (χ3n) is 4.92. The third-order valence-corrected chi connectivity index (χ3v) is 4.92. The molecule has 3 heterocycles. The number of aromatic nitrogens is 4. The number of rotatable bonds is 6. The van der Waals surface area contributed by atoms with Crippen molar-refractivity contribution in [1.82, 2.24) is 19.5 Å². The Balaban J connectivity index is 1.73. The number of nitrogens with zero attached hydrogens (tertiary/aromatic N) is 4. The summed E-state index contributed by atoms with van der Waals surface area (Å²) >= 11 is 0. The first-order valence-electron chi connectivity index (χ1n) is 9.40. The number of methoxy groups -OCH3 is 1. The number of aromatic amines is 1. The number of aromatic hydroxyl groups is 1. The Morgan fingerprint density at radius 1 is 1.38 bits per heavy atom. The summed E-state index contributed by atoms with van der Waals surface area (Å²) < 4.78 is 11.8. The van der Waals surface area contributed by atoms with Crippen molar-refractivity contribution in [3.8, 4) is 11.5 Å². The van der Waals surface area contributed by atoms with Gasteiger partial charge in [0.15, 0.2) is 28.9 Å². The lowest BCUT2D eigenvalue weighted by molar-refractivity contribution is -0.0501. The SMILES string of the molecule is COc1cc(/C=N\Nc2nc3c(=O)[nH]c(N)nc3n2[C@@H]2O[C@H](CO)[C@@H](O)[C@@H]2O)ccc1O. The van der Waals surface area contributed by atoms with Gasteiger partial charge in [0.25, 0.3) is 5.56 Å². The molecule has 0 bridgehead atoms. The number of ether oxygens (including phenoxy) is 2. The maximum absolute atomic E-state index is 12.3. The Labute approximate surface area is 179 Å². The largest absolute Gasteiger partial charge is 0.504 e. The average molecular weight is 447 g/mol. The van der Waals surface area contributed by atoms with Gasteiger partial charge in [-0.25, -0.2) is 10.4 Å². The second-order valence-electron chi connectivity index (χ2n) is 6.96. The molecule has 1 saturated heterocycles. The van der Waals surface area contributed by atoms with Crippen LogP contribution in [0.1, 0.15) is 11.8 Å². The first-order chi connectivity index (χ1) is 15.3. The number of phenols is 1. The van der Waals surface area contributed by atoms with Crippen molar-refractivity contribution < 1.29 is 29.9 Å². The molecule has 0 aliphatic carbocycles. The van der Waals surface area contributed by atoms with Gasteiger partial charge < -0.3 is 35.6 Å². The highest BCUT2D eigenvalue weighted by Gasteiger charge is 2.45. The van der Waals surface area contributed by atoms with E-state index in [-0.39, 0.29) is 34.6 Å². The molecule has 1 aromatic carbocycles. The fourth-order valence-electron chi connectivity index (χ4n) is 3.35. The first-order valence-corrected chi connectivity index (χ1v) is 9.40. The van der Waals surface area contributed by atoms with E-state index in [2.05, 4.69) is 25.5 Å². The van der Waals surface area contributed by atoms with Crippen molar-refractivity contribution >= 4 is 29.3 Å². The highest BCUT2D eigenvalue weighted by Crippen LogP contribution is 2.34. The van der Waals surface area contributed by atoms with Gasteiger partial charge in [0, 0.05) is 0 Å². The number of phenolic OH excluding ortho intramolecular Hbond substituents is 1. The molecule has 0 radical (unpaired) electrons. The molecule has 8 N–H and O–H groups in total. The van der Waals surface area contributed by atoms with Crippen LogP contribution in [0.2, 0.25) is 0 Å². The molecule has 4 atom stereocenters. The maximum atomic E-state index is 12.3. The molecule has 2 aromatic heterocycles. The molecule has 0 unspecified atom stereocenters. The second kappa shape index (κ2) is 8.43. The van der Waals surface area contributed by atoms with Crippen LogP contribution in [0, 0.1) is 0 Å². The van der Waals surface area contributed by atoms with Crippen LogP contribution in [-0.2, 0) is 4.74 Å². The van der Waals surface area contributed by atoms with Gasteiger partial charge in [-0.3, -0.25) is 14.3 Å². The zero-order valence-electron chi connectivity index (χ0n) is 16.7. The summed E-state index contributed by atoms with van der Waals surface area (Å²) in [7, 11) is 1.41. The Morgan fingerprint density at radius 3 is 2.84 bits per heavy atom. The van der Waals surface area contributed by atoms with E-state index in [4.69, 9.17) is 15.2 Å². The predicted molar refractivity (Wildman–Crippen MR) is 111 cm³/mol. The molecular weight excluding hydrogens is 426 g/mol. The van der Waals surface area contributed by atoms with E-state index in [1.165, 1.54) is 24.0 Å². The Morgan fingerprint density at radius 2 is 2.16 bits per heavy atom. The Hall–Kier alpha value is -3.72. The van der Waals surface area contributed by atoms with Crippen LogP contribution in [0.15, 0.2) is 28.1 Å². The van der Waals surface area contributed by atoms with Gasteiger partial charge in [0.1, 0.15) is 18.3 Å². The zero-order chi connectivity index (χ0) is 23.0. The van der Waals surface area contributed by atoms with Crippen LogP contribution in [0.3, 0.4) is 0 Å². The Kier molecular flexibility index (Phi) is 5.67. The molecule has 3 aromatic rings. The number of aliphatic hydroxyl groups excluding tert-OH is 3. The minimum Gasteiger partial charge on any atom is -0.504 e. The minimum absolute atomic E-state index is 0.0231. The number of nitrogen functional groups attached to an aromatic ring is 1. The summed E-state index contributed by atoms with van der Waals surface area (Å²) in [5.74, 6) is -0.0207. The third kappa shape index (κ3) is 3.71. The highest BCUT2D eigenvalue weighted by atomic mass is 16.6. The fourth-order valence-corrected chi connectivity index (χ4v) is 3.35. The smallest absolute Gasteiger partial charge is 0.280 e. The van der Waals surface area contributed by atoms with Gasteiger partial charge in [-0.15, -0.1) is 0 Å². The van der Waals surface area contributed by atoms with Gasteiger partial charge in [-0.05, 0) is 23.8 Å². The minimum atomic E-state index is -1.46. The van der Waals surface area contributed by atoms with Gasteiger partial charge in [0.2, 0.25) is 11.9 Å². The van der Waals surface area contributed by atoms with Gasteiger partial charge in [0.05, 0.1) is 19.9 Å². The van der Waals surface area contributed by atoms with E-state index in [0.29, 0.717) is 5.56 Å². The number of hydrogen-bond acceptors (Lipinski definition) is 12. The van der Waals surface area contributed by atoms with Crippen molar-refractivity contribution in [2.24, 2.45) is 5.10 Å². The van der Waals surface area contributed by atoms with Crippen LogP contribution in [0.4, 0.5) is 11.9 Å². The number of anilines is 2. The first kappa shape index (κ1) is 21.5. The Bertz CT molecular complexity index is 1220. The predicted octanol–water partition coefficient (Wildman–Crippen LogP) is -1.53. The van der Waals surface area contributed by atoms with Crippen molar-refractivity contribution in [3.63, 3.8) is 0 Å². The van der Waals surface area contributed by atoms with Gasteiger partial charge in [-0.2, -0.15) is 10.1 Å². The number of hydrazone groups is 1. The standard InChI is InChI=1S/C18H21N7O7/c1-31-9-4-7(2-3-8(9)27)5-20-24-18-21-11-14(22-17(19)23-15(11)30)25(18)16-13(29)12(28)10(6-26)32-16/h2-5,10,12-13,16,26-29H,6H2,1H3,(H,21,24)(H3,19,22,23,30)/b20-5-/t10-,12-,13+,16-/m1/s1. The fraction of sp³-hybridized carbons (Fsp3) is 0.333. The van der Waals surface area contributed by atoms with E-state index in [9.17, 15) is 25.2 Å². The lowest BCUT2D eigenvalue weighted by atomic mass is 10.1. The summed E-state index contributed by atoms with van der Waals surface area (Å²) in [5, 5.41) is 43.7. The lowest BCUT2D eigenvalue weighted by Crippen LogP contribution is -2.33. The van der Waals surface area contributed by atoms with E-state index >= 15 is 0 Å².